The third kappa shape index (κ3) is 406. The molecule has 0 amide bonds. The largest absolute Gasteiger partial charge is 0.569 e. The molecule has 1 N–H and O–H groups in total. The molecule has 0 saturated heterocycles. The van der Waals surface area contributed by atoms with E-state index >= 15 is 0 Å². The van der Waals surface area contributed by atoms with Crippen LogP contribution in [0, 0.1) is 21.0 Å². The first kappa shape index (κ1) is 25.6. The molecule has 44 valence electrons. The summed E-state index contributed by atoms with van der Waals surface area (Å²) in [4.78, 5) is 0. The summed E-state index contributed by atoms with van der Waals surface area (Å²) in [6.07, 6.45) is 0. The molecule has 0 saturated carbocycles. The van der Waals surface area contributed by atoms with Crippen molar-refractivity contribution in [3.05, 3.63) is 21.0 Å². The normalized spacial score (nSPS) is 2.57. The topological polar surface area (TPSA) is 20.2 Å². The van der Waals surface area contributed by atoms with Crippen LogP contribution in [-0.4, -0.2) is 5.11 Å². The maximum absolute atomic E-state index is 6.75. The second-order valence-electron chi connectivity index (χ2n) is 0. The monoisotopic (exact) mass is 153 g/mol. The van der Waals surface area contributed by atoms with Crippen LogP contribution in [0.2, 0.25) is 0 Å². The Labute approximate surface area is 59.9 Å². The van der Waals surface area contributed by atoms with E-state index in [1.807, 2.05) is 0 Å². The summed E-state index contributed by atoms with van der Waals surface area (Å²) < 4.78 is 0. The van der Waals surface area contributed by atoms with Gasteiger partial charge in [-0.15, -0.1) is 0 Å². The quantitative estimate of drug-likeness (QED) is 0.417. The molecule has 0 aliphatic rings. The third-order valence-electron chi connectivity index (χ3n) is 0. The molecule has 0 unspecified atom stereocenters. The Kier molecular flexibility index (Phi) is 2210. The Morgan fingerprint density at radius 1 is 0.857 bits per heavy atom. The summed E-state index contributed by atoms with van der Waals surface area (Å²) in [7, 11) is 2.25. The molecule has 0 rings (SSSR count). The second kappa shape index (κ2) is 603. The average molecular weight is 155 g/mol. The summed E-state index contributed by atoms with van der Waals surface area (Å²) in [6.45, 7) is 10.0. The molecular formula is C5H13OZn-3. The van der Waals surface area contributed by atoms with Crippen LogP contribution in [0.25, 0.3) is 0 Å². The van der Waals surface area contributed by atoms with Crippen LogP contribution in [-0.2, 0) is 19.5 Å². The molecule has 0 aromatic rings. The minimum Gasteiger partial charge on any atom is -0.569 e. The van der Waals surface area contributed by atoms with Gasteiger partial charge in [0, 0.05) is 19.5 Å². The Hall–Kier alpha value is 0.583. The Morgan fingerprint density at radius 2 is 0.857 bits per heavy atom. The van der Waals surface area contributed by atoms with Gasteiger partial charge >= 0.3 is 0 Å². The van der Waals surface area contributed by atoms with E-state index in [9.17, 15) is 0 Å². The van der Waals surface area contributed by atoms with Crippen LogP contribution in [0.1, 0.15) is 13.8 Å². The average Bonchev–Trinajstić information content (AvgIpc) is 1.81. The van der Waals surface area contributed by atoms with Crippen molar-refractivity contribution in [3.8, 4) is 0 Å². The molecule has 0 heterocycles. The molecule has 2 heteroatoms. The van der Waals surface area contributed by atoms with Crippen LogP contribution in [0.4, 0.5) is 0 Å². The first-order valence-corrected chi connectivity index (χ1v) is 1.73. The van der Waals surface area contributed by atoms with Gasteiger partial charge in [-0.1, -0.05) is 0 Å². The predicted molar refractivity (Wildman–Crippen MR) is 29.4 cm³/mol. The Morgan fingerprint density at radius 3 is 0.857 bits per heavy atom. The minimum absolute atomic E-state index is 0. The Bertz CT molecular complexity index is 8.04. The van der Waals surface area contributed by atoms with Crippen LogP contribution in [0.5, 0.6) is 0 Å². The summed E-state index contributed by atoms with van der Waals surface area (Å²) in [5, 5.41) is 6.75. The van der Waals surface area contributed by atoms with Crippen LogP contribution >= 0.6 is 0 Å². The number of hydrogen-bond donors (Lipinski definition) is 1. The van der Waals surface area contributed by atoms with Crippen LogP contribution in [0.15, 0.2) is 0 Å². The molecule has 0 fully saturated rings. The maximum atomic E-state index is 6.75. The van der Waals surface area contributed by atoms with E-state index in [0.29, 0.717) is 0 Å². The van der Waals surface area contributed by atoms with Gasteiger partial charge in [-0.2, -0.15) is 13.8 Å². The van der Waals surface area contributed by atoms with Gasteiger partial charge in [0.05, 0.1) is 0 Å². The number of rotatable bonds is 0. The number of hydrogen-bond acceptors (Lipinski definition) is 1. The fourth-order valence-electron chi connectivity index (χ4n) is 0. The first-order chi connectivity index (χ1) is 3.00. The van der Waals surface area contributed by atoms with Crippen molar-refractivity contribution in [2.45, 2.75) is 13.8 Å². The summed E-state index contributed by atoms with van der Waals surface area (Å²) in [5.74, 6) is 0. The van der Waals surface area contributed by atoms with Gasteiger partial charge in [0.2, 0.25) is 0 Å². The first-order valence-electron chi connectivity index (χ1n) is 1.73. The van der Waals surface area contributed by atoms with Gasteiger partial charge in [-0.25, -0.2) is 7.11 Å². The van der Waals surface area contributed by atoms with E-state index < -0.39 is 0 Å². The summed E-state index contributed by atoms with van der Waals surface area (Å²) in [5.41, 5.74) is 0. The van der Waals surface area contributed by atoms with Crippen molar-refractivity contribution in [2.24, 2.45) is 0 Å². The van der Waals surface area contributed by atoms with E-state index in [0.717, 1.165) is 0 Å². The molecule has 1 nitrogen and oxygen atoms in total. The predicted octanol–water partition coefficient (Wildman–Crippen LogP) is 1.83. The zero-order valence-corrected chi connectivity index (χ0v) is 8.24. The second-order valence-corrected chi connectivity index (χ2v) is 0. The van der Waals surface area contributed by atoms with E-state index in [2.05, 4.69) is 21.0 Å². The van der Waals surface area contributed by atoms with Gasteiger partial charge in [0.25, 0.3) is 0 Å². The van der Waals surface area contributed by atoms with E-state index in [1.165, 1.54) is 0 Å². The fourth-order valence-corrected chi connectivity index (χ4v) is 0. The zero-order valence-electron chi connectivity index (χ0n) is 5.28. The van der Waals surface area contributed by atoms with E-state index in [4.69, 9.17) is 5.11 Å². The molecule has 0 spiro atoms. The van der Waals surface area contributed by atoms with Crippen molar-refractivity contribution in [2.75, 3.05) is 0 Å². The number of aliphatic hydroxyl groups is 1. The van der Waals surface area contributed by atoms with E-state index in [1.54, 1.807) is 13.8 Å². The van der Waals surface area contributed by atoms with Crippen molar-refractivity contribution in [3.63, 3.8) is 0 Å². The summed E-state index contributed by atoms with van der Waals surface area (Å²) >= 11 is 0. The third-order valence-corrected chi connectivity index (χ3v) is 0. The zero-order chi connectivity index (χ0) is 6.00. The molecule has 0 aliphatic carbocycles. The standard InChI is InChI=1S/2C2H5.CH3O.Zn/c3*1-2;/h2*1H2,2H3;2H,1H2;/q3*-1;. The minimum atomic E-state index is 0. The van der Waals surface area contributed by atoms with Crippen molar-refractivity contribution >= 4 is 0 Å². The van der Waals surface area contributed by atoms with Crippen LogP contribution < -0.4 is 0 Å². The van der Waals surface area contributed by atoms with Gasteiger partial charge in [-0.3, -0.25) is 0 Å². The summed E-state index contributed by atoms with van der Waals surface area (Å²) in [6, 6.07) is 0. The smallest absolute Gasteiger partial charge is 0 e. The van der Waals surface area contributed by atoms with E-state index in [-0.39, 0.29) is 19.5 Å². The van der Waals surface area contributed by atoms with Gasteiger partial charge in [0.15, 0.2) is 0 Å². The fraction of sp³-hybridized carbons (Fsp3) is 0.400. The molecule has 0 atom stereocenters. The van der Waals surface area contributed by atoms with Crippen molar-refractivity contribution in [1.82, 2.24) is 0 Å². The molecule has 0 radical (unpaired) electrons. The van der Waals surface area contributed by atoms with Gasteiger partial charge in [0.1, 0.15) is 0 Å². The van der Waals surface area contributed by atoms with Crippen LogP contribution in [0.3, 0.4) is 0 Å². The molecule has 0 aromatic carbocycles. The molecule has 7 heavy (non-hydrogen) atoms. The molecule has 0 aliphatic heterocycles. The molecule has 0 bridgehead atoms. The van der Waals surface area contributed by atoms with Gasteiger partial charge in [-0.05, 0) is 0 Å². The van der Waals surface area contributed by atoms with Crippen molar-refractivity contribution in [1.29, 1.82) is 0 Å². The SMILES string of the molecule is [CH2-]C.[CH2-]C.[CH2-]O.[Zn]. The molecule has 0 aromatic heterocycles. The Balaban J connectivity index is -0.00000000900. The van der Waals surface area contributed by atoms with Crippen molar-refractivity contribution < 1.29 is 24.6 Å². The number of aliphatic hydroxyl groups excluding tert-OH is 1. The molecular weight excluding hydrogens is 141 g/mol. The maximum Gasteiger partial charge on any atom is 0 e. The van der Waals surface area contributed by atoms with Gasteiger partial charge < -0.3 is 19.0 Å².